The zero-order valence-corrected chi connectivity index (χ0v) is 20.2. The van der Waals surface area contributed by atoms with E-state index in [9.17, 15) is 0 Å². The van der Waals surface area contributed by atoms with Gasteiger partial charge in [-0.25, -0.2) is 4.90 Å². The minimum absolute atomic E-state index is 0.415. The summed E-state index contributed by atoms with van der Waals surface area (Å²) in [6, 6.07) is 0. The molecule has 3 aliphatic rings. The molecule has 168 valence electrons. The van der Waals surface area contributed by atoms with Crippen LogP contribution in [0.15, 0.2) is 30.0 Å². The van der Waals surface area contributed by atoms with Gasteiger partial charge < -0.3 is 5.73 Å². The molecule has 1 aromatic rings. The molecular weight excluding hydrogens is 382 g/mol. The summed E-state index contributed by atoms with van der Waals surface area (Å²) >= 11 is 0. The first-order valence-electron chi connectivity index (χ1n) is 12.0. The van der Waals surface area contributed by atoms with Crippen LogP contribution >= 0.6 is 0 Å². The Balaban J connectivity index is 1.44. The number of anilines is 1. The molecule has 4 rings (SSSR count). The molecule has 2 aliphatic carbocycles. The summed E-state index contributed by atoms with van der Waals surface area (Å²) in [5.41, 5.74) is 11.7. The van der Waals surface area contributed by atoms with Gasteiger partial charge in [-0.2, -0.15) is 5.10 Å². The maximum atomic E-state index is 6.19. The van der Waals surface area contributed by atoms with Crippen LogP contribution in [0, 0.1) is 22.7 Å². The number of rotatable bonds is 5. The van der Waals surface area contributed by atoms with E-state index < -0.39 is 0 Å². The Morgan fingerprint density at radius 1 is 1.35 bits per heavy atom. The lowest BCUT2D eigenvalue weighted by atomic mass is 9.47. The summed E-state index contributed by atoms with van der Waals surface area (Å²) in [6.45, 7) is 15.2. The Bertz CT molecular complexity index is 928. The van der Waals surface area contributed by atoms with E-state index in [1.807, 2.05) is 0 Å². The zero-order valence-electron chi connectivity index (χ0n) is 20.2. The number of aromatic nitrogens is 2. The molecule has 1 aromatic heterocycles. The largest absolute Gasteiger partial charge is 0.392 e. The number of nitrogens with zero attached hydrogens (tertiary/aromatic N) is 3. The van der Waals surface area contributed by atoms with Gasteiger partial charge in [0.15, 0.2) is 6.54 Å². The Morgan fingerprint density at radius 2 is 2.13 bits per heavy atom. The van der Waals surface area contributed by atoms with Crippen LogP contribution in [0.2, 0.25) is 0 Å². The van der Waals surface area contributed by atoms with Crippen LogP contribution in [-0.2, 0) is 0 Å². The molecule has 3 N–H and O–H groups in total. The Morgan fingerprint density at radius 3 is 2.90 bits per heavy atom. The molecule has 5 nitrogen and oxygen atoms in total. The summed E-state index contributed by atoms with van der Waals surface area (Å²) in [5.74, 6) is 2.38. The number of nitrogen functional groups attached to an aromatic ring is 1. The second-order valence-corrected chi connectivity index (χ2v) is 11.2. The topological polar surface area (TPSA) is 59.2 Å². The van der Waals surface area contributed by atoms with E-state index in [0.29, 0.717) is 22.4 Å². The standard InChI is InChI=1S/C26H40N5/c1-18(12-15-31-17-30(6)24-23(31)21(27)16-28-29-24)8-10-20-19(2)9-11-22-25(3,4)13-7-14-26(20,22)5/h12,16-17,20,22H,2,7-11,13-15H2,1,3-6H3,(H2,27,29)/q+1/p+1. The molecular formula is C26H41N5+2. The number of quaternary nitrogens is 1. The average Bonchev–Trinajstić information content (AvgIpc) is 3.02. The highest BCUT2D eigenvalue weighted by Crippen LogP contribution is 2.61. The summed E-state index contributed by atoms with van der Waals surface area (Å²) in [7, 11) is 2.07. The van der Waals surface area contributed by atoms with Crippen molar-refractivity contribution in [1.82, 2.24) is 10.2 Å². The van der Waals surface area contributed by atoms with Crippen LogP contribution < -0.4 is 10.6 Å². The normalized spacial score (nSPS) is 32.4. The molecule has 31 heavy (non-hydrogen) atoms. The smallest absolute Gasteiger partial charge is 0.337 e. The summed E-state index contributed by atoms with van der Waals surface area (Å²) in [4.78, 5) is 1.12. The first-order valence-corrected chi connectivity index (χ1v) is 12.0. The lowest BCUT2D eigenvalue weighted by Gasteiger charge is -2.58. The average molecular weight is 424 g/mol. The fourth-order valence-electron chi connectivity index (χ4n) is 7.00. The van der Waals surface area contributed by atoms with Crippen molar-refractivity contribution in [2.75, 3.05) is 19.3 Å². The molecule has 4 atom stereocenters. The van der Waals surface area contributed by atoms with Gasteiger partial charge in [-0.05, 0) is 74.2 Å². The number of allylic oxidation sites excluding steroid dienone is 2. The Hall–Kier alpha value is -2.01. The number of hydrogen-bond donors (Lipinski definition) is 2. The van der Waals surface area contributed by atoms with Gasteiger partial charge in [-0.1, -0.05) is 50.0 Å². The van der Waals surface area contributed by atoms with E-state index in [1.165, 1.54) is 49.7 Å². The van der Waals surface area contributed by atoms with Crippen molar-refractivity contribution in [2.45, 2.75) is 72.6 Å². The van der Waals surface area contributed by atoms with Gasteiger partial charge in [0, 0.05) is 0 Å². The van der Waals surface area contributed by atoms with Crippen molar-refractivity contribution in [3.05, 3.63) is 30.0 Å². The van der Waals surface area contributed by atoms with E-state index in [1.54, 1.807) is 6.20 Å². The van der Waals surface area contributed by atoms with Crippen LogP contribution in [0.5, 0.6) is 0 Å². The molecule has 1 aliphatic heterocycles. The molecule has 0 spiro atoms. The highest BCUT2D eigenvalue weighted by molar-refractivity contribution is 5.70. The number of fused-ring (bicyclic) bond motifs is 2. The summed E-state index contributed by atoms with van der Waals surface area (Å²) in [5, 5.41) is 8.28. The van der Waals surface area contributed by atoms with Gasteiger partial charge >= 0.3 is 17.8 Å². The zero-order chi connectivity index (χ0) is 22.4. The van der Waals surface area contributed by atoms with Crippen LogP contribution in [0.25, 0.3) is 0 Å². The molecule has 2 heterocycles. The first-order chi connectivity index (χ1) is 14.6. The maximum absolute atomic E-state index is 6.19. The minimum atomic E-state index is 0.415. The second-order valence-electron chi connectivity index (χ2n) is 11.2. The Kier molecular flexibility index (Phi) is 5.84. The highest BCUT2D eigenvalue weighted by Gasteiger charge is 2.52. The Labute approximate surface area is 188 Å². The molecule has 2 fully saturated rings. The maximum Gasteiger partial charge on any atom is 0.337 e. The number of nitrogens with one attached hydrogen (secondary N) is 1. The SMILES string of the molecule is C=C1CCC2C(C)(C)CCCC2(C)C1CCC(C)=CC[N+]1=C[NH+](C)c2nncc(N)c21. The third kappa shape index (κ3) is 3.97. The fourth-order valence-corrected chi connectivity index (χ4v) is 7.00. The van der Waals surface area contributed by atoms with Crippen molar-refractivity contribution in [3.8, 4) is 0 Å². The highest BCUT2D eigenvalue weighted by atomic mass is 15.3. The molecule has 0 saturated heterocycles. The molecule has 4 unspecified atom stereocenters. The van der Waals surface area contributed by atoms with Crippen molar-refractivity contribution >= 4 is 23.5 Å². The van der Waals surface area contributed by atoms with Crippen LogP contribution in [0.3, 0.4) is 0 Å². The number of hydrogen-bond acceptors (Lipinski definition) is 3. The van der Waals surface area contributed by atoms with Crippen LogP contribution in [0.1, 0.15) is 72.6 Å². The molecule has 5 heteroatoms. The minimum Gasteiger partial charge on any atom is -0.392 e. The number of nitrogens with two attached hydrogens (primary N) is 1. The van der Waals surface area contributed by atoms with Crippen molar-refractivity contribution in [1.29, 1.82) is 0 Å². The predicted molar refractivity (Wildman–Crippen MR) is 128 cm³/mol. The van der Waals surface area contributed by atoms with Gasteiger partial charge in [0.25, 0.3) is 0 Å². The van der Waals surface area contributed by atoms with E-state index in [-0.39, 0.29) is 0 Å². The first kappa shape index (κ1) is 22.2. The van der Waals surface area contributed by atoms with E-state index >= 15 is 0 Å². The summed E-state index contributed by atoms with van der Waals surface area (Å²) in [6.07, 6.45) is 15.2. The third-order valence-corrected chi connectivity index (χ3v) is 8.65. The third-order valence-electron chi connectivity index (χ3n) is 8.65. The molecule has 2 saturated carbocycles. The van der Waals surface area contributed by atoms with Gasteiger partial charge in [-0.3, -0.25) is 0 Å². The van der Waals surface area contributed by atoms with Crippen LogP contribution in [-0.4, -0.2) is 34.7 Å². The predicted octanol–water partition coefficient (Wildman–Crippen LogP) is 4.42. The van der Waals surface area contributed by atoms with Crippen molar-refractivity contribution in [3.63, 3.8) is 0 Å². The molecule has 0 amide bonds. The lowest BCUT2D eigenvalue weighted by Crippen LogP contribution is -3.02. The fraction of sp³-hybridized carbons (Fsp3) is 0.654. The second kappa shape index (κ2) is 8.16. The summed E-state index contributed by atoms with van der Waals surface area (Å²) < 4.78 is 2.21. The van der Waals surface area contributed by atoms with Crippen LogP contribution in [0.4, 0.5) is 17.2 Å². The molecule has 0 aromatic carbocycles. The van der Waals surface area contributed by atoms with Crippen molar-refractivity contribution < 1.29 is 9.48 Å². The monoisotopic (exact) mass is 423 g/mol. The lowest BCUT2D eigenvalue weighted by molar-refractivity contribution is -0.711. The van der Waals surface area contributed by atoms with Gasteiger partial charge in [0.2, 0.25) is 0 Å². The quantitative estimate of drug-likeness (QED) is 0.544. The van der Waals surface area contributed by atoms with Gasteiger partial charge in [0.1, 0.15) is 5.69 Å². The van der Waals surface area contributed by atoms with Crippen molar-refractivity contribution in [2.24, 2.45) is 22.7 Å². The van der Waals surface area contributed by atoms with E-state index in [0.717, 1.165) is 35.3 Å². The van der Waals surface area contributed by atoms with E-state index in [2.05, 4.69) is 68.5 Å². The van der Waals surface area contributed by atoms with Gasteiger partial charge in [0.05, 0.1) is 13.2 Å². The molecule has 0 bridgehead atoms. The van der Waals surface area contributed by atoms with Gasteiger partial charge in [-0.15, -0.1) is 4.58 Å². The van der Waals surface area contributed by atoms with E-state index in [4.69, 9.17) is 5.73 Å². The molecule has 0 radical (unpaired) electrons.